The summed E-state index contributed by atoms with van der Waals surface area (Å²) in [6.45, 7) is 1.15. The number of nitrogens with one attached hydrogen (secondary N) is 1. The van der Waals surface area contributed by atoms with E-state index in [1.54, 1.807) is 0 Å². The topological polar surface area (TPSA) is 44.7 Å². The van der Waals surface area contributed by atoms with E-state index in [1.165, 1.54) is 0 Å². The van der Waals surface area contributed by atoms with Crippen molar-refractivity contribution in [1.29, 1.82) is 0 Å². The summed E-state index contributed by atoms with van der Waals surface area (Å²) < 4.78 is 5.80. The molecule has 2 N–H and O–H groups in total. The lowest BCUT2D eigenvalue weighted by atomic mass is 10.2. The number of hydrogen-bond donors (Lipinski definition) is 2. The van der Waals surface area contributed by atoms with E-state index >= 15 is 0 Å². The molecule has 27 heavy (non-hydrogen) atoms. The van der Waals surface area contributed by atoms with Crippen LogP contribution in [0.25, 0.3) is 0 Å². The van der Waals surface area contributed by atoms with Crippen LogP contribution < -0.4 is 10.1 Å². The fourth-order valence-corrected chi connectivity index (χ4v) is 2.88. The maximum atomic E-state index is 9.36. The van der Waals surface area contributed by atoms with E-state index in [0.717, 1.165) is 22.7 Å². The van der Waals surface area contributed by atoms with Crippen molar-refractivity contribution < 1.29 is 9.84 Å². The lowest BCUT2D eigenvalue weighted by molar-refractivity contribution is 0.248. The SMILES string of the molecule is OCCN(Cc1ccccc1)C(=S)Nc1ccc(Oc2ccccc2)cc1. The van der Waals surface area contributed by atoms with Gasteiger partial charge >= 0.3 is 0 Å². The molecular formula is C22H22N2O2S. The van der Waals surface area contributed by atoms with Gasteiger partial charge in [0, 0.05) is 18.8 Å². The summed E-state index contributed by atoms with van der Waals surface area (Å²) in [5.74, 6) is 1.56. The van der Waals surface area contributed by atoms with Crippen molar-refractivity contribution in [2.45, 2.75) is 6.54 Å². The van der Waals surface area contributed by atoms with Crippen molar-refractivity contribution >= 4 is 23.0 Å². The summed E-state index contributed by atoms with van der Waals surface area (Å²) in [5, 5.41) is 13.2. The van der Waals surface area contributed by atoms with E-state index in [4.69, 9.17) is 17.0 Å². The zero-order chi connectivity index (χ0) is 18.9. The van der Waals surface area contributed by atoms with Crippen molar-refractivity contribution in [1.82, 2.24) is 4.90 Å². The Hall–Kier alpha value is -2.89. The lowest BCUT2D eigenvalue weighted by Crippen LogP contribution is -2.36. The third kappa shape index (κ3) is 5.81. The van der Waals surface area contributed by atoms with E-state index in [1.807, 2.05) is 89.8 Å². The van der Waals surface area contributed by atoms with Gasteiger partial charge in [-0.1, -0.05) is 48.5 Å². The summed E-state index contributed by atoms with van der Waals surface area (Å²) in [6.07, 6.45) is 0. The summed E-state index contributed by atoms with van der Waals surface area (Å²) >= 11 is 5.53. The van der Waals surface area contributed by atoms with Gasteiger partial charge in [0.2, 0.25) is 0 Å². The number of para-hydroxylation sites is 1. The van der Waals surface area contributed by atoms with Crippen LogP contribution in [0.5, 0.6) is 11.5 Å². The van der Waals surface area contributed by atoms with Crippen LogP contribution in [0.3, 0.4) is 0 Å². The first-order valence-corrected chi connectivity index (χ1v) is 9.19. The van der Waals surface area contributed by atoms with Gasteiger partial charge < -0.3 is 20.1 Å². The van der Waals surface area contributed by atoms with Gasteiger partial charge in [-0.2, -0.15) is 0 Å². The molecule has 0 spiro atoms. The number of aliphatic hydroxyl groups is 1. The maximum Gasteiger partial charge on any atom is 0.173 e. The second kappa shape index (κ2) is 9.71. The summed E-state index contributed by atoms with van der Waals surface area (Å²) in [6, 6.07) is 27.3. The van der Waals surface area contributed by atoms with Crippen molar-refractivity contribution in [3.8, 4) is 11.5 Å². The minimum atomic E-state index is 0.0402. The highest BCUT2D eigenvalue weighted by Crippen LogP contribution is 2.22. The van der Waals surface area contributed by atoms with E-state index in [9.17, 15) is 5.11 Å². The molecule has 0 fully saturated rings. The van der Waals surface area contributed by atoms with Gasteiger partial charge in [-0.05, 0) is 54.2 Å². The summed E-state index contributed by atoms with van der Waals surface area (Å²) in [7, 11) is 0. The molecule has 3 rings (SSSR count). The lowest BCUT2D eigenvalue weighted by Gasteiger charge is -2.25. The van der Waals surface area contributed by atoms with Crippen molar-refractivity contribution in [2.75, 3.05) is 18.5 Å². The Morgan fingerprint density at radius 2 is 1.44 bits per heavy atom. The molecule has 0 saturated carbocycles. The largest absolute Gasteiger partial charge is 0.457 e. The monoisotopic (exact) mass is 378 g/mol. The molecule has 0 aliphatic carbocycles. The van der Waals surface area contributed by atoms with Crippen LogP contribution in [-0.2, 0) is 6.54 Å². The number of nitrogens with zero attached hydrogens (tertiary/aromatic N) is 1. The smallest absolute Gasteiger partial charge is 0.173 e. The first kappa shape index (κ1) is 18.9. The molecular weight excluding hydrogens is 356 g/mol. The number of benzene rings is 3. The highest BCUT2D eigenvalue weighted by atomic mass is 32.1. The number of thiocarbonyl (C=S) groups is 1. The standard InChI is InChI=1S/C22H22N2O2S/c25-16-15-24(17-18-7-3-1-4-8-18)22(27)23-19-11-13-21(14-12-19)26-20-9-5-2-6-10-20/h1-14,25H,15-17H2,(H,23,27). The minimum absolute atomic E-state index is 0.0402. The van der Waals surface area contributed by atoms with Gasteiger partial charge in [0.15, 0.2) is 5.11 Å². The van der Waals surface area contributed by atoms with E-state index in [-0.39, 0.29) is 6.61 Å². The molecule has 4 nitrogen and oxygen atoms in total. The fraction of sp³-hybridized carbons (Fsp3) is 0.136. The average molecular weight is 378 g/mol. The summed E-state index contributed by atoms with van der Waals surface area (Å²) in [5.41, 5.74) is 2.01. The zero-order valence-electron chi connectivity index (χ0n) is 14.9. The van der Waals surface area contributed by atoms with Crippen LogP contribution in [-0.4, -0.2) is 28.3 Å². The Balaban J connectivity index is 1.61. The Morgan fingerprint density at radius 3 is 2.07 bits per heavy atom. The molecule has 0 aliphatic rings. The second-order valence-corrected chi connectivity index (χ2v) is 6.39. The van der Waals surface area contributed by atoms with Gasteiger partial charge in [-0.15, -0.1) is 0 Å². The van der Waals surface area contributed by atoms with Gasteiger partial charge in [0.25, 0.3) is 0 Å². The first-order chi connectivity index (χ1) is 13.2. The second-order valence-electron chi connectivity index (χ2n) is 6.00. The highest BCUT2D eigenvalue weighted by molar-refractivity contribution is 7.80. The van der Waals surface area contributed by atoms with Gasteiger partial charge in [0.05, 0.1) is 6.61 Å². The van der Waals surface area contributed by atoms with Crippen LogP contribution in [0.2, 0.25) is 0 Å². The van der Waals surface area contributed by atoms with Gasteiger partial charge in [0.1, 0.15) is 11.5 Å². The fourth-order valence-electron chi connectivity index (χ4n) is 2.61. The number of aliphatic hydroxyl groups excluding tert-OH is 1. The Labute approximate surface area is 165 Å². The van der Waals surface area contributed by atoms with Crippen molar-refractivity contribution in [3.63, 3.8) is 0 Å². The number of rotatable bonds is 7. The average Bonchev–Trinajstić information content (AvgIpc) is 2.71. The van der Waals surface area contributed by atoms with Crippen LogP contribution >= 0.6 is 12.2 Å². The van der Waals surface area contributed by atoms with Crippen LogP contribution in [0.15, 0.2) is 84.9 Å². The van der Waals surface area contributed by atoms with E-state index in [0.29, 0.717) is 18.2 Å². The predicted molar refractivity (Wildman–Crippen MR) is 113 cm³/mol. The number of ether oxygens (including phenoxy) is 1. The predicted octanol–water partition coefficient (Wildman–Crippen LogP) is 4.67. The third-order valence-electron chi connectivity index (χ3n) is 3.96. The molecule has 0 saturated heterocycles. The van der Waals surface area contributed by atoms with Gasteiger partial charge in [-0.3, -0.25) is 0 Å². The Morgan fingerprint density at radius 1 is 0.852 bits per heavy atom. The molecule has 0 unspecified atom stereocenters. The van der Waals surface area contributed by atoms with E-state index in [2.05, 4.69) is 5.32 Å². The van der Waals surface area contributed by atoms with Crippen LogP contribution in [0, 0.1) is 0 Å². The molecule has 3 aromatic carbocycles. The molecule has 0 bridgehead atoms. The van der Waals surface area contributed by atoms with Crippen LogP contribution in [0.4, 0.5) is 5.69 Å². The molecule has 3 aromatic rings. The van der Waals surface area contributed by atoms with E-state index < -0.39 is 0 Å². The number of hydrogen-bond acceptors (Lipinski definition) is 3. The van der Waals surface area contributed by atoms with Crippen LogP contribution in [0.1, 0.15) is 5.56 Å². The molecule has 138 valence electrons. The Bertz CT molecular complexity index is 839. The van der Waals surface area contributed by atoms with Crippen molar-refractivity contribution in [2.24, 2.45) is 0 Å². The normalized spacial score (nSPS) is 10.3. The highest BCUT2D eigenvalue weighted by Gasteiger charge is 2.10. The molecule has 0 heterocycles. The number of anilines is 1. The minimum Gasteiger partial charge on any atom is -0.457 e. The first-order valence-electron chi connectivity index (χ1n) is 8.78. The molecule has 0 amide bonds. The van der Waals surface area contributed by atoms with Gasteiger partial charge in [-0.25, -0.2) is 0 Å². The van der Waals surface area contributed by atoms with Crippen molar-refractivity contribution in [3.05, 3.63) is 90.5 Å². The Kier molecular flexibility index (Phi) is 6.79. The maximum absolute atomic E-state index is 9.36. The summed E-state index contributed by atoms with van der Waals surface area (Å²) in [4.78, 5) is 1.94. The molecule has 0 aromatic heterocycles. The molecule has 0 atom stereocenters. The quantitative estimate of drug-likeness (QED) is 0.585. The zero-order valence-corrected chi connectivity index (χ0v) is 15.7. The molecule has 5 heteroatoms. The molecule has 0 aliphatic heterocycles. The molecule has 0 radical (unpaired) electrons. The third-order valence-corrected chi connectivity index (χ3v) is 4.32.